The summed E-state index contributed by atoms with van der Waals surface area (Å²) in [5, 5.41) is 3.07. The molecule has 0 bridgehead atoms. The molecule has 1 aliphatic rings. The van der Waals surface area contributed by atoms with Gasteiger partial charge in [0.2, 0.25) is 0 Å². The molecular formula is C6H12ClNO2. The molecular weight excluding hydrogens is 154 g/mol. The maximum atomic E-state index is 10.7. The lowest BCUT2D eigenvalue weighted by molar-refractivity contribution is -0.148. The van der Waals surface area contributed by atoms with Crippen molar-refractivity contribution in [3.63, 3.8) is 0 Å². The summed E-state index contributed by atoms with van der Waals surface area (Å²) in [6.45, 7) is 2.75. The predicted octanol–water partition coefficient (Wildman–Crippen LogP) is 0.189. The van der Waals surface area contributed by atoms with Crippen LogP contribution in [0, 0.1) is 5.92 Å². The maximum absolute atomic E-state index is 10.7. The molecule has 0 unspecified atom stereocenters. The molecule has 0 amide bonds. The Hall–Kier alpha value is -0.280. The second-order valence-electron chi connectivity index (χ2n) is 2.33. The highest BCUT2D eigenvalue weighted by atomic mass is 35.5. The van der Waals surface area contributed by atoms with Crippen LogP contribution in [0.1, 0.15) is 6.92 Å². The zero-order valence-electron chi connectivity index (χ0n) is 6.09. The lowest BCUT2D eigenvalue weighted by atomic mass is 9.94. The molecule has 60 valence electrons. The summed E-state index contributed by atoms with van der Waals surface area (Å²) in [7, 11) is 1.42. The van der Waals surface area contributed by atoms with E-state index in [9.17, 15) is 4.79 Å². The number of nitrogens with one attached hydrogen (secondary N) is 1. The summed E-state index contributed by atoms with van der Waals surface area (Å²) in [5.41, 5.74) is 0. The van der Waals surface area contributed by atoms with Crippen LogP contribution in [0.4, 0.5) is 0 Å². The molecule has 4 heteroatoms. The zero-order chi connectivity index (χ0) is 6.85. The third-order valence-electron chi connectivity index (χ3n) is 1.77. The van der Waals surface area contributed by atoms with E-state index in [2.05, 4.69) is 10.1 Å². The van der Waals surface area contributed by atoms with Crippen molar-refractivity contribution in [2.45, 2.75) is 13.0 Å². The van der Waals surface area contributed by atoms with Gasteiger partial charge in [0.15, 0.2) is 0 Å². The SMILES string of the molecule is COC(=O)[C@@H]1CN[C@H]1C.Cl. The highest BCUT2D eigenvalue weighted by Gasteiger charge is 2.33. The van der Waals surface area contributed by atoms with Crippen LogP contribution in [0.2, 0.25) is 0 Å². The Morgan fingerprint density at radius 3 is 2.40 bits per heavy atom. The van der Waals surface area contributed by atoms with E-state index < -0.39 is 0 Å². The molecule has 1 saturated heterocycles. The van der Waals surface area contributed by atoms with Gasteiger partial charge in [-0.05, 0) is 6.92 Å². The average molecular weight is 166 g/mol. The van der Waals surface area contributed by atoms with Crippen LogP contribution < -0.4 is 5.32 Å². The minimum atomic E-state index is -0.0961. The van der Waals surface area contributed by atoms with Crippen LogP contribution in [0.15, 0.2) is 0 Å². The third kappa shape index (κ3) is 1.61. The maximum Gasteiger partial charge on any atom is 0.311 e. The fraction of sp³-hybridized carbons (Fsp3) is 0.833. The van der Waals surface area contributed by atoms with Gasteiger partial charge in [-0.2, -0.15) is 0 Å². The zero-order valence-corrected chi connectivity index (χ0v) is 6.90. The summed E-state index contributed by atoms with van der Waals surface area (Å²) >= 11 is 0. The average Bonchev–Trinajstić information content (AvgIpc) is 1.84. The van der Waals surface area contributed by atoms with Crippen molar-refractivity contribution >= 4 is 18.4 Å². The van der Waals surface area contributed by atoms with Crippen molar-refractivity contribution in [3.8, 4) is 0 Å². The van der Waals surface area contributed by atoms with Gasteiger partial charge in [-0.1, -0.05) is 0 Å². The van der Waals surface area contributed by atoms with Crippen LogP contribution in [-0.4, -0.2) is 25.7 Å². The molecule has 2 atom stereocenters. The number of carbonyl (C=O) groups excluding carboxylic acids is 1. The third-order valence-corrected chi connectivity index (χ3v) is 1.77. The highest BCUT2D eigenvalue weighted by Crippen LogP contribution is 2.12. The van der Waals surface area contributed by atoms with Gasteiger partial charge in [-0.25, -0.2) is 0 Å². The van der Waals surface area contributed by atoms with E-state index in [-0.39, 0.29) is 24.3 Å². The van der Waals surface area contributed by atoms with Gasteiger partial charge >= 0.3 is 5.97 Å². The van der Waals surface area contributed by atoms with E-state index in [4.69, 9.17) is 0 Å². The summed E-state index contributed by atoms with van der Waals surface area (Å²) in [5.74, 6) is -0.00347. The second kappa shape index (κ2) is 3.78. The molecule has 1 N–H and O–H groups in total. The molecule has 3 nitrogen and oxygen atoms in total. The van der Waals surface area contributed by atoms with Crippen molar-refractivity contribution in [1.82, 2.24) is 5.32 Å². The molecule has 0 aromatic carbocycles. The van der Waals surface area contributed by atoms with Crippen LogP contribution in [0.25, 0.3) is 0 Å². The molecule has 0 aliphatic carbocycles. The largest absolute Gasteiger partial charge is 0.469 e. The quantitative estimate of drug-likeness (QED) is 0.564. The molecule has 0 radical (unpaired) electrons. The van der Waals surface area contributed by atoms with E-state index >= 15 is 0 Å². The summed E-state index contributed by atoms with van der Waals surface area (Å²) in [6.07, 6.45) is 0. The van der Waals surface area contributed by atoms with Gasteiger partial charge in [0, 0.05) is 12.6 Å². The van der Waals surface area contributed by atoms with E-state index in [1.54, 1.807) is 0 Å². The van der Waals surface area contributed by atoms with Crippen molar-refractivity contribution in [1.29, 1.82) is 0 Å². The number of methoxy groups -OCH3 is 1. The number of ether oxygens (including phenoxy) is 1. The Kier molecular flexibility index (Phi) is 3.68. The first kappa shape index (κ1) is 9.72. The standard InChI is InChI=1S/C6H11NO2.ClH/c1-4-5(3-7-4)6(8)9-2;/h4-5,7H,3H2,1-2H3;1H/t4-,5+;/m0./s1. The normalized spacial score (nSPS) is 29.8. The first-order chi connectivity index (χ1) is 4.25. The van der Waals surface area contributed by atoms with Crippen LogP contribution in [0.3, 0.4) is 0 Å². The second-order valence-corrected chi connectivity index (χ2v) is 2.33. The fourth-order valence-corrected chi connectivity index (χ4v) is 0.910. The Morgan fingerprint density at radius 2 is 2.30 bits per heavy atom. The van der Waals surface area contributed by atoms with Gasteiger partial charge in [-0.3, -0.25) is 4.79 Å². The molecule has 1 fully saturated rings. The minimum Gasteiger partial charge on any atom is -0.469 e. The summed E-state index contributed by atoms with van der Waals surface area (Å²) < 4.78 is 4.55. The number of hydrogen-bond donors (Lipinski definition) is 1. The van der Waals surface area contributed by atoms with Crippen LogP contribution >= 0.6 is 12.4 Å². The van der Waals surface area contributed by atoms with Crippen LogP contribution in [-0.2, 0) is 9.53 Å². The Morgan fingerprint density at radius 1 is 1.70 bits per heavy atom. The predicted molar refractivity (Wildman–Crippen MR) is 40.2 cm³/mol. The molecule has 10 heavy (non-hydrogen) atoms. The van der Waals surface area contributed by atoms with E-state index in [0.717, 1.165) is 6.54 Å². The minimum absolute atomic E-state index is 0. The summed E-state index contributed by atoms with van der Waals surface area (Å²) in [6, 6.07) is 0.303. The lowest BCUT2D eigenvalue weighted by Crippen LogP contribution is -2.54. The molecule has 0 aromatic heterocycles. The fourth-order valence-electron chi connectivity index (χ4n) is 0.910. The molecule has 0 aromatic rings. The van der Waals surface area contributed by atoms with E-state index in [1.807, 2.05) is 6.92 Å². The molecule has 1 aliphatic heterocycles. The van der Waals surface area contributed by atoms with Gasteiger partial charge in [0.05, 0.1) is 13.0 Å². The number of esters is 1. The smallest absolute Gasteiger partial charge is 0.311 e. The van der Waals surface area contributed by atoms with Crippen LogP contribution in [0.5, 0.6) is 0 Å². The van der Waals surface area contributed by atoms with Gasteiger partial charge in [-0.15, -0.1) is 12.4 Å². The van der Waals surface area contributed by atoms with Crippen molar-refractivity contribution in [2.75, 3.05) is 13.7 Å². The number of rotatable bonds is 1. The summed E-state index contributed by atoms with van der Waals surface area (Å²) in [4.78, 5) is 10.7. The number of halogens is 1. The number of carbonyl (C=O) groups is 1. The van der Waals surface area contributed by atoms with E-state index in [1.165, 1.54) is 7.11 Å². The van der Waals surface area contributed by atoms with E-state index in [0.29, 0.717) is 6.04 Å². The highest BCUT2D eigenvalue weighted by molar-refractivity contribution is 5.85. The molecule has 0 spiro atoms. The van der Waals surface area contributed by atoms with Gasteiger partial charge in [0.25, 0.3) is 0 Å². The Balaban J connectivity index is 0.000000810. The van der Waals surface area contributed by atoms with Gasteiger partial charge < -0.3 is 10.1 Å². The first-order valence-corrected chi connectivity index (χ1v) is 3.07. The lowest BCUT2D eigenvalue weighted by Gasteiger charge is -2.32. The molecule has 1 rings (SSSR count). The molecule has 1 heterocycles. The monoisotopic (exact) mass is 165 g/mol. The van der Waals surface area contributed by atoms with Crippen molar-refractivity contribution < 1.29 is 9.53 Å². The molecule has 0 saturated carbocycles. The Labute approximate surface area is 66.5 Å². The van der Waals surface area contributed by atoms with Gasteiger partial charge in [0.1, 0.15) is 0 Å². The topological polar surface area (TPSA) is 38.3 Å². The number of hydrogen-bond acceptors (Lipinski definition) is 3. The van der Waals surface area contributed by atoms with Crippen molar-refractivity contribution in [2.24, 2.45) is 5.92 Å². The Bertz CT molecular complexity index is 129. The van der Waals surface area contributed by atoms with Crippen molar-refractivity contribution in [3.05, 3.63) is 0 Å². The first-order valence-electron chi connectivity index (χ1n) is 3.07.